The predicted molar refractivity (Wildman–Crippen MR) is 99.3 cm³/mol. The summed E-state index contributed by atoms with van der Waals surface area (Å²) in [5, 5.41) is 0. The molecule has 1 aromatic carbocycles. The molecule has 5 nitrogen and oxygen atoms in total. The van der Waals surface area contributed by atoms with E-state index < -0.39 is 5.54 Å². The first-order valence-corrected chi connectivity index (χ1v) is 8.92. The Morgan fingerprint density at radius 3 is 2.00 bits per heavy atom. The van der Waals surface area contributed by atoms with Crippen molar-refractivity contribution >= 4 is 40.2 Å². The van der Waals surface area contributed by atoms with Gasteiger partial charge in [0.2, 0.25) is 5.91 Å². The minimum atomic E-state index is -0.669. The maximum Gasteiger partial charge on any atom is 0.253 e. The van der Waals surface area contributed by atoms with E-state index in [4.69, 9.17) is 5.73 Å². The third-order valence-electron chi connectivity index (χ3n) is 4.87. The van der Waals surface area contributed by atoms with E-state index in [1.807, 2.05) is 34.1 Å². The molecule has 1 heterocycles. The van der Waals surface area contributed by atoms with Gasteiger partial charge in [-0.25, -0.2) is 0 Å². The number of carbonyl (C=O) groups excluding carboxylic acids is 2. The second kappa shape index (κ2) is 7.85. The van der Waals surface area contributed by atoms with E-state index in [0.717, 1.165) is 30.2 Å². The Kier molecular flexibility index (Phi) is 6.28. The van der Waals surface area contributed by atoms with Crippen molar-refractivity contribution in [2.75, 3.05) is 26.2 Å². The van der Waals surface area contributed by atoms with Gasteiger partial charge in [0.05, 0.1) is 5.54 Å². The molecule has 2 fully saturated rings. The van der Waals surface area contributed by atoms with Crippen LogP contribution in [0.2, 0.25) is 0 Å². The van der Waals surface area contributed by atoms with Crippen molar-refractivity contribution in [3.05, 3.63) is 34.3 Å². The van der Waals surface area contributed by atoms with Gasteiger partial charge in [-0.15, -0.1) is 12.4 Å². The SMILES string of the molecule is Cl.NC1(C(=O)N2CCN(C(=O)c3ccc(Br)cc3)CC2)CCCC1. The molecule has 1 saturated carbocycles. The van der Waals surface area contributed by atoms with E-state index in [9.17, 15) is 9.59 Å². The zero-order chi connectivity index (χ0) is 16.4. The van der Waals surface area contributed by atoms with Gasteiger partial charge < -0.3 is 15.5 Å². The minimum absolute atomic E-state index is 0. The van der Waals surface area contributed by atoms with Crippen molar-refractivity contribution in [2.45, 2.75) is 31.2 Å². The Hall–Kier alpha value is -1.11. The van der Waals surface area contributed by atoms with E-state index >= 15 is 0 Å². The monoisotopic (exact) mass is 415 g/mol. The molecule has 7 heteroatoms. The number of piperazine rings is 1. The lowest BCUT2D eigenvalue weighted by molar-refractivity contribution is -0.138. The summed E-state index contributed by atoms with van der Waals surface area (Å²) in [6, 6.07) is 7.37. The number of benzene rings is 1. The lowest BCUT2D eigenvalue weighted by Crippen LogP contribution is -2.59. The van der Waals surface area contributed by atoms with Gasteiger partial charge in [-0.3, -0.25) is 9.59 Å². The molecule has 1 aliphatic heterocycles. The van der Waals surface area contributed by atoms with Crippen molar-refractivity contribution in [2.24, 2.45) is 5.73 Å². The summed E-state index contributed by atoms with van der Waals surface area (Å²) in [4.78, 5) is 28.7. The standard InChI is InChI=1S/C17H22BrN3O2.ClH/c18-14-5-3-13(4-6-14)15(22)20-9-11-21(12-10-20)16(23)17(19)7-1-2-8-17;/h3-6H,1-2,7-12,19H2;1H. The summed E-state index contributed by atoms with van der Waals surface area (Å²) in [5.74, 6) is 0.0821. The van der Waals surface area contributed by atoms with Gasteiger partial charge in [0.25, 0.3) is 5.91 Å². The van der Waals surface area contributed by atoms with Crippen molar-refractivity contribution in [3.8, 4) is 0 Å². The van der Waals surface area contributed by atoms with Crippen molar-refractivity contribution in [1.82, 2.24) is 9.80 Å². The average Bonchev–Trinajstić information content (AvgIpc) is 3.02. The number of nitrogens with two attached hydrogens (primary N) is 1. The lowest BCUT2D eigenvalue weighted by Gasteiger charge is -2.38. The van der Waals surface area contributed by atoms with Crippen LogP contribution in [0, 0.1) is 0 Å². The quantitative estimate of drug-likeness (QED) is 0.805. The van der Waals surface area contributed by atoms with E-state index in [-0.39, 0.29) is 24.2 Å². The molecule has 0 bridgehead atoms. The van der Waals surface area contributed by atoms with Gasteiger partial charge in [-0.2, -0.15) is 0 Å². The van der Waals surface area contributed by atoms with Crippen molar-refractivity contribution in [3.63, 3.8) is 0 Å². The predicted octanol–water partition coefficient (Wildman–Crippen LogP) is 2.43. The Balaban J connectivity index is 0.00000208. The summed E-state index contributed by atoms with van der Waals surface area (Å²) >= 11 is 3.37. The first kappa shape index (κ1) is 19.2. The van der Waals surface area contributed by atoms with Crippen LogP contribution in [0.3, 0.4) is 0 Å². The molecule has 1 saturated heterocycles. The molecule has 2 aliphatic rings. The molecule has 0 spiro atoms. The van der Waals surface area contributed by atoms with Crippen LogP contribution in [0.15, 0.2) is 28.7 Å². The average molecular weight is 417 g/mol. The van der Waals surface area contributed by atoms with Gasteiger partial charge in [0.1, 0.15) is 0 Å². The number of hydrogen-bond acceptors (Lipinski definition) is 3. The maximum atomic E-state index is 12.6. The van der Waals surface area contributed by atoms with E-state index in [1.165, 1.54) is 0 Å². The largest absolute Gasteiger partial charge is 0.338 e. The highest BCUT2D eigenvalue weighted by molar-refractivity contribution is 9.10. The fraction of sp³-hybridized carbons (Fsp3) is 0.529. The molecule has 2 N–H and O–H groups in total. The highest BCUT2D eigenvalue weighted by Crippen LogP contribution is 2.29. The van der Waals surface area contributed by atoms with Gasteiger partial charge in [-0.1, -0.05) is 28.8 Å². The Bertz CT molecular complexity index is 594. The number of rotatable bonds is 2. The van der Waals surface area contributed by atoms with Gasteiger partial charge in [0, 0.05) is 36.2 Å². The van der Waals surface area contributed by atoms with Crippen LogP contribution in [0.5, 0.6) is 0 Å². The van der Waals surface area contributed by atoms with E-state index in [2.05, 4.69) is 15.9 Å². The zero-order valence-corrected chi connectivity index (χ0v) is 15.9. The van der Waals surface area contributed by atoms with Crippen molar-refractivity contribution in [1.29, 1.82) is 0 Å². The summed E-state index contributed by atoms with van der Waals surface area (Å²) in [6.07, 6.45) is 3.63. The number of amides is 2. The highest BCUT2D eigenvalue weighted by atomic mass is 79.9. The summed E-state index contributed by atoms with van der Waals surface area (Å²) in [5.41, 5.74) is 6.27. The van der Waals surface area contributed by atoms with Crippen LogP contribution < -0.4 is 5.73 Å². The fourth-order valence-electron chi connectivity index (χ4n) is 3.42. The molecule has 3 rings (SSSR count). The summed E-state index contributed by atoms with van der Waals surface area (Å²) in [6.45, 7) is 2.27. The van der Waals surface area contributed by atoms with E-state index in [1.54, 1.807) is 0 Å². The van der Waals surface area contributed by atoms with Gasteiger partial charge >= 0.3 is 0 Å². The Morgan fingerprint density at radius 1 is 0.958 bits per heavy atom. The molecular formula is C17H23BrClN3O2. The van der Waals surface area contributed by atoms with Crippen LogP contribution in [0.4, 0.5) is 0 Å². The number of halogens is 2. The zero-order valence-electron chi connectivity index (χ0n) is 13.5. The molecule has 132 valence electrons. The summed E-state index contributed by atoms with van der Waals surface area (Å²) < 4.78 is 0.953. The molecule has 2 amide bonds. The molecule has 24 heavy (non-hydrogen) atoms. The number of carbonyl (C=O) groups is 2. The third-order valence-corrected chi connectivity index (χ3v) is 5.40. The summed E-state index contributed by atoms with van der Waals surface area (Å²) in [7, 11) is 0. The van der Waals surface area contributed by atoms with Crippen LogP contribution >= 0.6 is 28.3 Å². The van der Waals surface area contributed by atoms with Gasteiger partial charge in [-0.05, 0) is 37.1 Å². The first-order valence-electron chi connectivity index (χ1n) is 8.13. The smallest absolute Gasteiger partial charge is 0.253 e. The van der Waals surface area contributed by atoms with Crippen LogP contribution in [0.1, 0.15) is 36.0 Å². The number of nitrogens with zero attached hydrogens (tertiary/aromatic N) is 2. The fourth-order valence-corrected chi connectivity index (χ4v) is 3.69. The molecule has 0 unspecified atom stereocenters. The third kappa shape index (κ3) is 3.92. The first-order chi connectivity index (χ1) is 11.0. The topological polar surface area (TPSA) is 66.6 Å². The Labute approximate surface area is 157 Å². The van der Waals surface area contributed by atoms with E-state index in [0.29, 0.717) is 31.7 Å². The van der Waals surface area contributed by atoms with Crippen LogP contribution in [0.25, 0.3) is 0 Å². The normalized spacial score (nSPS) is 19.8. The van der Waals surface area contributed by atoms with Crippen molar-refractivity contribution < 1.29 is 9.59 Å². The maximum absolute atomic E-state index is 12.6. The Morgan fingerprint density at radius 2 is 1.46 bits per heavy atom. The highest BCUT2D eigenvalue weighted by Gasteiger charge is 2.40. The molecular weight excluding hydrogens is 394 g/mol. The van der Waals surface area contributed by atoms with Gasteiger partial charge in [0.15, 0.2) is 0 Å². The molecule has 1 aromatic rings. The second-order valence-corrected chi connectivity index (χ2v) is 7.37. The minimum Gasteiger partial charge on any atom is -0.338 e. The molecule has 0 atom stereocenters. The molecule has 0 aromatic heterocycles. The van der Waals surface area contributed by atoms with Crippen LogP contribution in [-0.2, 0) is 4.79 Å². The molecule has 1 aliphatic carbocycles. The lowest BCUT2D eigenvalue weighted by atomic mass is 9.97. The molecule has 0 radical (unpaired) electrons. The second-order valence-electron chi connectivity index (χ2n) is 6.45. The van der Waals surface area contributed by atoms with Crippen LogP contribution in [-0.4, -0.2) is 53.3 Å². The number of hydrogen-bond donors (Lipinski definition) is 1.